The van der Waals surface area contributed by atoms with Crippen LogP contribution in [0.25, 0.3) is 0 Å². The van der Waals surface area contributed by atoms with Crippen LogP contribution in [-0.2, 0) is 4.74 Å². The van der Waals surface area contributed by atoms with Crippen molar-refractivity contribution in [3.63, 3.8) is 0 Å². The Bertz CT molecular complexity index is 167. The molecule has 16 heavy (non-hydrogen) atoms. The van der Waals surface area contributed by atoms with Gasteiger partial charge >= 0.3 is 0 Å². The zero-order chi connectivity index (χ0) is 11.8. The Balaban J connectivity index is 2.28. The molecule has 0 spiro atoms. The van der Waals surface area contributed by atoms with Crippen molar-refractivity contribution >= 4 is 0 Å². The molecule has 0 bridgehead atoms. The van der Waals surface area contributed by atoms with E-state index in [2.05, 4.69) is 24.1 Å². The van der Waals surface area contributed by atoms with Crippen molar-refractivity contribution < 1.29 is 4.74 Å². The van der Waals surface area contributed by atoms with Crippen LogP contribution in [0, 0.1) is 5.92 Å². The summed E-state index contributed by atoms with van der Waals surface area (Å²) in [6.07, 6.45) is 3.85. The Hall–Kier alpha value is -0.120. The molecule has 3 nitrogen and oxygen atoms in total. The van der Waals surface area contributed by atoms with Gasteiger partial charge in [-0.1, -0.05) is 13.8 Å². The molecule has 0 radical (unpaired) electrons. The predicted octanol–water partition coefficient (Wildman–Crippen LogP) is 1.73. The van der Waals surface area contributed by atoms with Crippen LogP contribution >= 0.6 is 0 Å². The van der Waals surface area contributed by atoms with E-state index in [4.69, 9.17) is 4.74 Å². The molecule has 96 valence electrons. The topological polar surface area (TPSA) is 24.5 Å². The molecule has 0 atom stereocenters. The molecule has 1 fully saturated rings. The van der Waals surface area contributed by atoms with Crippen LogP contribution in [0.3, 0.4) is 0 Å². The summed E-state index contributed by atoms with van der Waals surface area (Å²) >= 11 is 0. The zero-order valence-corrected chi connectivity index (χ0v) is 11.2. The average Bonchev–Trinajstić information content (AvgIpc) is 2.24. The molecule has 0 saturated carbocycles. The van der Waals surface area contributed by atoms with Crippen molar-refractivity contribution in [1.82, 2.24) is 10.2 Å². The first-order chi connectivity index (χ1) is 7.81. The lowest BCUT2D eigenvalue weighted by Crippen LogP contribution is -2.45. The first-order valence-corrected chi connectivity index (χ1v) is 6.75. The molecule has 3 heteroatoms. The van der Waals surface area contributed by atoms with E-state index in [-0.39, 0.29) is 0 Å². The highest BCUT2D eigenvalue weighted by Crippen LogP contribution is 2.14. The number of rotatable bonds is 9. The average molecular weight is 228 g/mol. The molecule has 1 saturated heterocycles. The van der Waals surface area contributed by atoms with Crippen molar-refractivity contribution in [2.45, 2.75) is 39.2 Å². The Morgan fingerprint density at radius 1 is 1.25 bits per heavy atom. The Morgan fingerprint density at radius 2 is 1.94 bits per heavy atom. The minimum Gasteiger partial charge on any atom is -0.383 e. The van der Waals surface area contributed by atoms with Crippen molar-refractivity contribution in [3.8, 4) is 0 Å². The lowest BCUT2D eigenvalue weighted by Gasteiger charge is -2.34. The summed E-state index contributed by atoms with van der Waals surface area (Å²) in [5.74, 6) is 0.916. The summed E-state index contributed by atoms with van der Waals surface area (Å²) in [7, 11) is 1.79. The Labute approximate surface area is 101 Å². The van der Waals surface area contributed by atoms with Crippen molar-refractivity contribution in [2.75, 3.05) is 39.9 Å². The van der Waals surface area contributed by atoms with Gasteiger partial charge in [0.1, 0.15) is 0 Å². The van der Waals surface area contributed by atoms with Crippen LogP contribution in [0.15, 0.2) is 0 Å². The van der Waals surface area contributed by atoms with E-state index in [1.165, 1.54) is 38.9 Å². The zero-order valence-electron chi connectivity index (χ0n) is 11.2. The van der Waals surface area contributed by atoms with E-state index in [0.29, 0.717) is 0 Å². The minimum atomic E-state index is 0.739. The van der Waals surface area contributed by atoms with Gasteiger partial charge in [-0.2, -0.15) is 0 Å². The highest BCUT2D eigenvalue weighted by atomic mass is 16.5. The normalized spacial score (nSPS) is 17.1. The third-order valence-electron chi connectivity index (χ3n) is 3.73. The molecule has 0 aromatic heterocycles. The molecule has 1 heterocycles. The fraction of sp³-hybridized carbons (Fsp3) is 1.00. The quantitative estimate of drug-likeness (QED) is 0.650. The predicted molar refractivity (Wildman–Crippen MR) is 68.8 cm³/mol. The van der Waals surface area contributed by atoms with Crippen LogP contribution in [0.1, 0.15) is 33.1 Å². The number of methoxy groups -OCH3 is 1. The summed E-state index contributed by atoms with van der Waals surface area (Å²) in [4.78, 5) is 2.61. The molecule has 0 aromatic rings. The van der Waals surface area contributed by atoms with Gasteiger partial charge in [0.2, 0.25) is 0 Å². The van der Waals surface area contributed by atoms with Crippen molar-refractivity contribution in [3.05, 3.63) is 0 Å². The monoisotopic (exact) mass is 228 g/mol. The number of ether oxygens (including phenoxy) is 1. The summed E-state index contributed by atoms with van der Waals surface area (Å²) in [6, 6.07) is 0.739. The molecule has 1 aliphatic heterocycles. The second-order valence-corrected chi connectivity index (χ2v) is 4.81. The molecule has 0 aliphatic carbocycles. The molecule has 0 amide bonds. The number of hydrogen-bond donors (Lipinski definition) is 1. The van der Waals surface area contributed by atoms with Gasteiger partial charge in [-0.25, -0.2) is 0 Å². The first-order valence-electron chi connectivity index (χ1n) is 6.75. The van der Waals surface area contributed by atoms with Gasteiger partial charge < -0.3 is 10.1 Å². The lowest BCUT2D eigenvalue weighted by molar-refractivity contribution is 0.106. The number of nitrogens with zero attached hydrogens (tertiary/aromatic N) is 1. The standard InChI is InChI=1S/C13H28N2O/c1-4-13(5-2)15(8-9-16-3)7-6-12-10-14-11-12/h12-14H,4-11H2,1-3H3. The Kier molecular flexibility index (Phi) is 7.01. The summed E-state index contributed by atoms with van der Waals surface area (Å²) in [5.41, 5.74) is 0. The first kappa shape index (κ1) is 13.9. The lowest BCUT2D eigenvalue weighted by atomic mass is 9.98. The maximum absolute atomic E-state index is 5.20. The summed E-state index contributed by atoms with van der Waals surface area (Å²) in [6.45, 7) is 10.2. The van der Waals surface area contributed by atoms with Gasteiger partial charge in [-0.15, -0.1) is 0 Å². The molecule has 1 rings (SSSR count). The molecule has 0 aromatic carbocycles. The van der Waals surface area contributed by atoms with E-state index in [1.54, 1.807) is 7.11 Å². The van der Waals surface area contributed by atoms with Crippen LogP contribution in [0.4, 0.5) is 0 Å². The Morgan fingerprint density at radius 3 is 2.38 bits per heavy atom. The highest BCUT2D eigenvalue weighted by Gasteiger charge is 2.20. The smallest absolute Gasteiger partial charge is 0.0589 e. The van der Waals surface area contributed by atoms with E-state index in [0.717, 1.165) is 25.1 Å². The molecular formula is C13H28N2O. The van der Waals surface area contributed by atoms with Crippen LogP contribution in [-0.4, -0.2) is 50.8 Å². The highest BCUT2D eigenvalue weighted by molar-refractivity contribution is 4.77. The third kappa shape index (κ3) is 4.40. The fourth-order valence-corrected chi connectivity index (χ4v) is 2.39. The SMILES string of the molecule is CCC(CC)N(CCOC)CCC1CNC1. The van der Waals surface area contributed by atoms with Crippen LogP contribution < -0.4 is 5.32 Å². The largest absolute Gasteiger partial charge is 0.383 e. The number of nitrogens with one attached hydrogen (secondary N) is 1. The van der Waals surface area contributed by atoms with Crippen molar-refractivity contribution in [1.29, 1.82) is 0 Å². The van der Waals surface area contributed by atoms with Gasteiger partial charge in [-0.05, 0) is 44.8 Å². The van der Waals surface area contributed by atoms with Gasteiger partial charge in [-0.3, -0.25) is 4.90 Å². The van der Waals surface area contributed by atoms with Crippen LogP contribution in [0.5, 0.6) is 0 Å². The summed E-state index contributed by atoms with van der Waals surface area (Å²) < 4.78 is 5.20. The maximum atomic E-state index is 5.20. The van der Waals surface area contributed by atoms with Gasteiger partial charge in [0.15, 0.2) is 0 Å². The third-order valence-corrected chi connectivity index (χ3v) is 3.73. The van der Waals surface area contributed by atoms with Crippen molar-refractivity contribution in [2.24, 2.45) is 5.92 Å². The second-order valence-electron chi connectivity index (χ2n) is 4.81. The van der Waals surface area contributed by atoms with E-state index < -0.39 is 0 Å². The molecule has 0 unspecified atom stereocenters. The van der Waals surface area contributed by atoms with Gasteiger partial charge in [0.05, 0.1) is 6.61 Å². The van der Waals surface area contributed by atoms with Gasteiger partial charge in [0.25, 0.3) is 0 Å². The fourth-order valence-electron chi connectivity index (χ4n) is 2.39. The molecular weight excluding hydrogens is 200 g/mol. The van der Waals surface area contributed by atoms with Gasteiger partial charge in [0, 0.05) is 19.7 Å². The van der Waals surface area contributed by atoms with E-state index in [1.807, 2.05) is 0 Å². The minimum absolute atomic E-state index is 0.739. The summed E-state index contributed by atoms with van der Waals surface area (Å²) in [5, 5.41) is 3.34. The molecule has 1 aliphatic rings. The van der Waals surface area contributed by atoms with Crippen LogP contribution in [0.2, 0.25) is 0 Å². The second kappa shape index (κ2) is 8.04. The van der Waals surface area contributed by atoms with E-state index in [9.17, 15) is 0 Å². The van der Waals surface area contributed by atoms with E-state index >= 15 is 0 Å². The number of hydrogen-bond acceptors (Lipinski definition) is 3. The molecule has 1 N–H and O–H groups in total. The maximum Gasteiger partial charge on any atom is 0.0589 e.